The average molecular weight is 410 g/mol. The van der Waals surface area contributed by atoms with Gasteiger partial charge in [0, 0.05) is 22.8 Å². The smallest absolute Gasteiger partial charge is 0.232 e. The highest BCUT2D eigenvalue weighted by atomic mass is 79.9. The van der Waals surface area contributed by atoms with Crippen LogP contribution in [0.15, 0.2) is 28.1 Å². The van der Waals surface area contributed by atoms with Crippen molar-refractivity contribution in [3.8, 4) is 0 Å². The Kier molecular flexibility index (Phi) is 5.29. The maximum atomic E-state index is 12.0. The molecule has 114 valence electrons. The van der Waals surface area contributed by atoms with Crippen molar-refractivity contribution in [3.05, 3.63) is 43.8 Å². The molecule has 1 aromatic carbocycles. The molecule has 0 bridgehead atoms. The first-order chi connectivity index (χ1) is 9.77. The highest BCUT2D eigenvalue weighted by molar-refractivity contribution is 9.10. The summed E-state index contributed by atoms with van der Waals surface area (Å²) in [7, 11) is -3.41. The van der Waals surface area contributed by atoms with E-state index in [1.165, 1.54) is 10.6 Å². The Morgan fingerprint density at radius 2 is 2.14 bits per heavy atom. The number of sulfonamides is 1. The third-order valence-electron chi connectivity index (χ3n) is 2.82. The van der Waals surface area contributed by atoms with Gasteiger partial charge in [-0.05, 0) is 25.1 Å². The summed E-state index contributed by atoms with van der Waals surface area (Å²) in [6.45, 7) is 2.23. The molecule has 0 aliphatic heterocycles. The molecule has 4 nitrogen and oxygen atoms in total. The Morgan fingerprint density at radius 3 is 2.67 bits per heavy atom. The third kappa shape index (κ3) is 4.42. The van der Waals surface area contributed by atoms with Gasteiger partial charge in [-0.1, -0.05) is 27.5 Å². The molecule has 0 unspecified atom stereocenters. The van der Waals surface area contributed by atoms with Gasteiger partial charge in [-0.25, -0.2) is 13.4 Å². The maximum Gasteiger partial charge on any atom is 0.232 e. The fraction of sp³-hybridized carbons (Fsp3) is 0.308. The number of hydrogen-bond donors (Lipinski definition) is 0. The predicted molar refractivity (Wildman–Crippen MR) is 91.9 cm³/mol. The molecular formula is C13H14BrClN2O2S2. The molecule has 21 heavy (non-hydrogen) atoms. The first-order valence-corrected chi connectivity index (χ1v) is 10.0. The number of benzene rings is 1. The fourth-order valence-electron chi connectivity index (χ4n) is 1.89. The van der Waals surface area contributed by atoms with Gasteiger partial charge in [0.2, 0.25) is 10.0 Å². The first-order valence-electron chi connectivity index (χ1n) is 6.11. The van der Waals surface area contributed by atoms with Crippen molar-refractivity contribution in [2.24, 2.45) is 0 Å². The number of rotatable bonds is 5. The molecule has 0 saturated heterocycles. The van der Waals surface area contributed by atoms with Crippen molar-refractivity contribution in [2.45, 2.75) is 13.3 Å². The van der Waals surface area contributed by atoms with Crippen LogP contribution in [-0.2, 0) is 16.4 Å². The van der Waals surface area contributed by atoms with Crippen LogP contribution in [-0.4, -0.2) is 26.2 Å². The van der Waals surface area contributed by atoms with Crippen LogP contribution in [0.4, 0.5) is 5.69 Å². The van der Waals surface area contributed by atoms with Gasteiger partial charge in [0.1, 0.15) is 0 Å². The molecule has 0 atom stereocenters. The van der Waals surface area contributed by atoms with Crippen molar-refractivity contribution in [1.29, 1.82) is 0 Å². The van der Waals surface area contributed by atoms with Gasteiger partial charge in [-0.2, -0.15) is 0 Å². The van der Waals surface area contributed by atoms with Crippen molar-refractivity contribution in [1.82, 2.24) is 4.98 Å². The van der Waals surface area contributed by atoms with Gasteiger partial charge in [0.25, 0.3) is 0 Å². The summed E-state index contributed by atoms with van der Waals surface area (Å²) >= 11 is 11.0. The van der Waals surface area contributed by atoms with Crippen LogP contribution in [0, 0.1) is 6.92 Å². The lowest BCUT2D eigenvalue weighted by atomic mass is 10.3. The molecule has 0 amide bonds. The summed E-state index contributed by atoms with van der Waals surface area (Å²) < 4.78 is 26.2. The molecular weight excluding hydrogens is 396 g/mol. The van der Waals surface area contributed by atoms with Gasteiger partial charge in [-0.3, -0.25) is 4.31 Å². The van der Waals surface area contributed by atoms with Crippen molar-refractivity contribution >= 4 is 54.6 Å². The van der Waals surface area contributed by atoms with Gasteiger partial charge in [0.15, 0.2) is 0 Å². The summed E-state index contributed by atoms with van der Waals surface area (Å²) in [5.41, 5.74) is 1.37. The molecule has 1 aromatic heterocycles. The molecule has 0 spiro atoms. The van der Waals surface area contributed by atoms with Crippen LogP contribution in [0.3, 0.4) is 0 Å². The summed E-state index contributed by atoms with van der Waals surface area (Å²) in [5, 5.41) is 3.31. The Hall–Kier alpha value is -0.630. The number of anilines is 1. The fourth-order valence-corrected chi connectivity index (χ4v) is 4.30. The quantitative estimate of drug-likeness (QED) is 0.753. The highest BCUT2D eigenvalue weighted by Crippen LogP contribution is 2.30. The number of aryl methyl sites for hydroxylation is 1. The van der Waals surface area contributed by atoms with E-state index in [1.807, 2.05) is 12.3 Å². The SMILES string of the molecule is Cc1nc(CCN(c2ccc(Br)cc2Cl)S(C)(=O)=O)cs1. The van der Waals surface area contributed by atoms with Gasteiger partial charge in [-0.15, -0.1) is 11.3 Å². The van der Waals surface area contributed by atoms with Gasteiger partial charge < -0.3 is 0 Å². The van der Waals surface area contributed by atoms with E-state index in [-0.39, 0.29) is 0 Å². The summed E-state index contributed by atoms with van der Waals surface area (Å²) in [6, 6.07) is 5.15. The van der Waals surface area contributed by atoms with E-state index in [0.717, 1.165) is 15.2 Å². The molecule has 1 heterocycles. The Morgan fingerprint density at radius 1 is 1.43 bits per heavy atom. The zero-order valence-corrected chi connectivity index (χ0v) is 15.5. The van der Waals surface area contributed by atoms with E-state index < -0.39 is 10.0 Å². The largest absolute Gasteiger partial charge is 0.269 e. The van der Waals surface area contributed by atoms with Gasteiger partial charge in [0.05, 0.1) is 27.7 Å². The van der Waals surface area contributed by atoms with E-state index in [4.69, 9.17) is 11.6 Å². The lowest BCUT2D eigenvalue weighted by Gasteiger charge is -2.23. The molecule has 0 aliphatic carbocycles. The molecule has 0 fully saturated rings. The van der Waals surface area contributed by atoms with Crippen LogP contribution < -0.4 is 4.31 Å². The lowest BCUT2D eigenvalue weighted by molar-refractivity contribution is 0.596. The minimum Gasteiger partial charge on any atom is -0.269 e. The monoisotopic (exact) mass is 408 g/mol. The van der Waals surface area contributed by atoms with Crippen LogP contribution >= 0.6 is 38.9 Å². The molecule has 0 saturated carbocycles. The van der Waals surface area contributed by atoms with E-state index in [9.17, 15) is 8.42 Å². The number of halogens is 2. The van der Waals surface area contributed by atoms with Crippen LogP contribution in [0.25, 0.3) is 0 Å². The highest BCUT2D eigenvalue weighted by Gasteiger charge is 2.20. The van der Waals surface area contributed by atoms with Crippen LogP contribution in [0.1, 0.15) is 10.7 Å². The molecule has 8 heteroatoms. The topological polar surface area (TPSA) is 50.3 Å². The second-order valence-electron chi connectivity index (χ2n) is 4.54. The van der Waals surface area contributed by atoms with Crippen LogP contribution in [0.2, 0.25) is 5.02 Å². The summed E-state index contributed by atoms with van der Waals surface area (Å²) in [4.78, 5) is 4.35. The Balaban J connectivity index is 2.27. The standard InChI is InChI=1S/C13H14BrClN2O2S2/c1-9-16-11(8-20-9)5-6-17(21(2,18)19)13-4-3-10(14)7-12(13)15/h3-4,7-8H,5-6H2,1-2H3. The second kappa shape index (κ2) is 6.64. The number of thiazole rings is 1. The van der Waals surface area contributed by atoms with Crippen molar-refractivity contribution in [3.63, 3.8) is 0 Å². The first kappa shape index (κ1) is 16.7. The number of aromatic nitrogens is 1. The van der Waals surface area contributed by atoms with E-state index >= 15 is 0 Å². The third-order valence-corrected chi connectivity index (χ3v) is 5.61. The average Bonchev–Trinajstić information content (AvgIpc) is 2.76. The second-order valence-corrected chi connectivity index (χ2v) is 8.83. The van der Waals surface area contributed by atoms with Gasteiger partial charge >= 0.3 is 0 Å². The minimum absolute atomic E-state index is 0.309. The minimum atomic E-state index is -3.41. The summed E-state index contributed by atoms with van der Waals surface area (Å²) in [6.07, 6.45) is 1.72. The molecule has 0 N–H and O–H groups in total. The molecule has 2 aromatic rings. The van der Waals surface area contributed by atoms with E-state index in [2.05, 4.69) is 20.9 Å². The maximum absolute atomic E-state index is 12.0. The molecule has 0 radical (unpaired) electrons. The zero-order chi connectivity index (χ0) is 15.6. The lowest BCUT2D eigenvalue weighted by Crippen LogP contribution is -2.32. The van der Waals surface area contributed by atoms with E-state index in [0.29, 0.717) is 23.7 Å². The van der Waals surface area contributed by atoms with Crippen molar-refractivity contribution in [2.75, 3.05) is 17.1 Å². The molecule has 0 aliphatic rings. The van der Waals surface area contributed by atoms with Crippen LogP contribution in [0.5, 0.6) is 0 Å². The predicted octanol–water partition coefficient (Wildman–Crippen LogP) is 3.88. The Labute approximate surface area is 141 Å². The summed E-state index contributed by atoms with van der Waals surface area (Å²) in [5.74, 6) is 0. The number of nitrogens with zero attached hydrogens (tertiary/aromatic N) is 2. The normalized spacial score (nSPS) is 11.6. The Bertz CT molecular complexity index is 746. The van der Waals surface area contributed by atoms with E-state index in [1.54, 1.807) is 29.5 Å². The number of hydrogen-bond acceptors (Lipinski definition) is 4. The molecule has 2 rings (SSSR count). The zero-order valence-electron chi connectivity index (χ0n) is 11.5. The van der Waals surface area contributed by atoms with Crippen molar-refractivity contribution < 1.29 is 8.42 Å².